The van der Waals surface area contributed by atoms with E-state index in [1.807, 2.05) is 71.5 Å². The van der Waals surface area contributed by atoms with Gasteiger partial charge in [-0.25, -0.2) is 9.48 Å². The predicted octanol–water partition coefficient (Wildman–Crippen LogP) is 4.68. The third kappa shape index (κ3) is 3.66. The molecule has 1 aliphatic rings. The molecule has 0 spiro atoms. The van der Waals surface area contributed by atoms with E-state index < -0.39 is 16.8 Å². The van der Waals surface area contributed by atoms with Crippen LogP contribution in [-0.4, -0.2) is 32.1 Å². The first-order valence-corrected chi connectivity index (χ1v) is 12.9. The summed E-state index contributed by atoms with van der Waals surface area (Å²) in [5.74, 6) is -0.253. The van der Waals surface area contributed by atoms with Crippen molar-refractivity contribution in [2.45, 2.75) is 24.1 Å². The lowest BCUT2D eigenvalue weighted by Crippen LogP contribution is -2.12. The van der Waals surface area contributed by atoms with Gasteiger partial charge in [-0.1, -0.05) is 48.5 Å². The molecule has 0 saturated carbocycles. The van der Waals surface area contributed by atoms with Crippen LogP contribution in [0.15, 0.2) is 83.9 Å². The molecule has 0 aliphatic carbocycles. The number of hydrogen-bond donors (Lipinski definition) is 0. The number of ether oxygens (including phenoxy) is 1. The van der Waals surface area contributed by atoms with Crippen LogP contribution < -0.4 is 0 Å². The van der Waals surface area contributed by atoms with Crippen LogP contribution in [0.25, 0.3) is 27.8 Å². The number of esters is 1. The standard InChI is InChI=1S/C27H22N4O3S/c1-2-34-27(32)25-21-17-35(33)24-14-7-6-11-19(24)26(21)31(29-25)23-13-8-12-22-20(23)16-30(28-22)15-18-9-4-3-5-10-18/h3-14,16H,2,15,17H2,1H3/p+1. The van der Waals surface area contributed by atoms with Crippen molar-refractivity contribution in [3.05, 3.63) is 95.8 Å². The van der Waals surface area contributed by atoms with Gasteiger partial charge >= 0.3 is 5.97 Å². The molecule has 35 heavy (non-hydrogen) atoms. The van der Waals surface area contributed by atoms with Crippen LogP contribution >= 0.6 is 0 Å². The molecule has 174 valence electrons. The van der Waals surface area contributed by atoms with Crippen molar-refractivity contribution in [1.82, 2.24) is 19.6 Å². The fraction of sp³-hybridized carbons (Fsp3) is 0.148. The van der Waals surface area contributed by atoms with Crippen molar-refractivity contribution in [2.75, 3.05) is 6.61 Å². The largest absolute Gasteiger partial charge is 0.461 e. The number of rotatable bonds is 5. The Balaban J connectivity index is 1.55. The molecule has 7 nitrogen and oxygen atoms in total. The number of aromatic nitrogens is 4. The van der Waals surface area contributed by atoms with E-state index >= 15 is 0 Å². The first-order valence-electron chi connectivity index (χ1n) is 11.5. The predicted molar refractivity (Wildman–Crippen MR) is 135 cm³/mol. The molecule has 3 heterocycles. The van der Waals surface area contributed by atoms with Crippen LogP contribution in [0, 0.1) is 0 Å². The molecular formula is C27H23N4O3S+. The van der Waals surface area contributed by atoms with E-state index in [1.54, 1.807) is 11.6 Å². The minimum Gasteiger partial charge on any atom is -0.461 e. The van der Waals surface area contributed by atoms with E-state index in [0.29, 0.717) is 12.1 Å². The molecule has 6 rings (SSSR count). The van der Waals surface area contributed by atoms with E-state index in [9.17, 15) is 9.00 Å². The average molecular weight is 484 g/mol. The Bertz CT molecular complexity index is 1600. The van der Waals surface area contributed by atoms with Gasteiger partial charge in [-0.2, -0.15) is 10.2 Å². The maximum absolute atomic E-state index is 13.1. The van der Waals surface area contributed by atoms with Gasteiger partial charge in [0.25, 0.3) is 0 Å². The number of hydrogen-bond acceptors (Lipinski definition) is 5. The number of fused-ring (bicyclic) bond motifs is 4. The van der Waals surface area contributed by atoms with Crippen molar-refractivity contribution in [2.24, 2.45) is 0 Å². The van der Waals surface area contributed by atoms with Crippen LogP contribution in [0.3, 0.4) is 0 Å². The molecule has 1 unspecified atom stereocenters. The minimum absolute atomic E-state index is 0.216. The van der Waals surface area contributed by atoms with Gasteiger partial charge < -0.3 is 4.74 Å². The highest BCUT2D eigenvalue weighted by Crippen LogP contribution is 2.40. The maximum Gasteiger partial charge on any atom is 0.359 e. The van der Waals surface area contributed by atoms with Gasteiger partial charge in [0.05, 0.1) is 41.2 Å². The van der Waals surface area contributed by atoms with Crippen molar-refractivity contribution in [1.29, 1.82) is 0 Å². The Morgan fingerprint density at radius 2 is 1.80 bits per heavy atom. The van der Waals surface area contributed by atoms with Crippen molar-refractivity contribution in [3.63, 3.8) is 0 Å². The molecule has 0 bridgehead atoms. The monoisotopic (exact) mass is 483 g/mol. The third-order valence-electron chi connectivity index (χ3n) is 6.17. The first kappa shape index (κ1) is 21.5. The highest BCUT2D eigenvalue weighted by Gasteiger charge is 2.36. The van der Waals surface area contributed by atoms with E-state index in [4.69, 9.17) is 14.9 Å². The van der Waals surface area contributed by atoms with E-state index in [-0.39, 0.29) is 18.1 Å². The van der Waals surface area contributed by atoms with Gasteiger partial charge in [0, 0.05) is 11.6 Å². The van der Waals surface area contributed by atoms with Crippen LogP contribution in [0.4, 0.5) is 0 Å². The number of carbonyl (C=O) groups excluding carboxylic acids is 1. The number of carbonyl (C=O) groups is 1. The molecule has 5 aromatic rings. The lowest BCUT2D eigenvalue weighted by atomic mass is 10.1. The summed E-state index contributed by atoms with van der Waals surface area (Å²) in [5.41, 5.74) is 5.27. The second-order valence-electron chi connectivity index (χ2n) is 8.38. The smallest absolute Gasteiger partial charge is 0.359 e. The topological polar surface area (TPSA) is 79.0 Å². The molecule has 0 saturated heterocycles. The zero-order chi connectivity index (χ0) is 23.9. The number of thiol groups is 1. The molecule has 8 heteroatoms. The molecule has 1 atom stereocenters. The van der Waals surface area contributed by atoms with Crippen molar-refractivity contribution >= 4 is 27.7 Å². The molecule has 0 fully saturated rings. The van der Waals surface area contributed by atoms with Gasteiger partial charge in [0.15, 0.2) is 10.6 Å². The van der Waals surface area contributed by atoms with Crippen molar-refractivity contribution < 1.29 is 13.7 Å². The summed E-state index contributed by atoms with van der Waals surface area (Å²) >= 11 is 0. The van der Waals surface area contributed by atoms with Crippen LogP contribution in [0.2, 0.25) is 0 Å². The summed E-state index contributed by atoms with van der Waals surface area (Å²) in [6.07, 6.45) is 2.00. The zero-order valence-electron chi connectivity index (χ0n) is 19.1. The van der Waals surface area contributed by atoms with Gasteiger partial charge in [-0.3, -0.25) is 4.68 Å². The minimum atomic E-state index is -1.69. The van der Waals surface area contributed by atoms with Crippen LogP contribution in [0.5, 0.6) is 0 Å². The Morgan fingerprint density at radius 1 is 1.00 bits per heavy atom. The molecule has 0 radical (unpaired) electrons. The quantitative estimate of drug-likeness (QED) is 0.206. The summed E-state index contributed by atoms with van der Waals surface area (Å²) in [6, 6.07) is 23.7. The second kappa shape index (κ2) is 8.63. The van der Waals surface area contributed by atoms with E-state index in [0.717, 1.165) is 38.3 Å². The summed E-state index contributed by atoms with van der Waals surface area (Å²) in [4.78, 5) is 13.6. The normalized spacial score (nSPS) is 14.5. The lowest BCUT2D eigenvalue weighted by molar-refractivity contribution is 0.0518. The fourth-order valence-electron chi connectivity index (χ4n) is 4.65. The highest BCUT2D eigenvalue weighted by atomic mass is 32.2. The van der Waals surface area contributed by atoms with E-state index in [2.05, 4.69) is 12.1 Å². The zero-order valence-corrected chi connectivity index (χ0v) is 20.0. The third-order valence-corrected chi connectivity index (χ3v) is 7.70. The van der Waals surface area contributed by atoms with Crippen LogP contribution in [0.1, 0.15) is 28.5 Å². The Labute approximate surface area is 204 Å². The van der Waals surface area contributed by atoms with Crippen molar-refractivity contribution in [3.8, 4) is 16.9 Å². The summed E-state index contributed by atoms with van der Waals surface area (Å²) in [7, 11) is -1.69. The molecule has 1 aliphatic heterocycles. The highest BCUT2D eigenvalue weighted by molar-refractivity contribution is 7.84. The summed E-state index contributed by atoms with van der Waals surface area (Å²) in [5, 5.41) is 10.4. The van der Waals surface area contributed by atoms with Gasteiger partial charge in [-0.15, -0.1) is 4.21 Å². The molecular weight excluding hydrogens is 460 g/mol. The van der Waals surface area contributed by atoms with Crippen LogP contribution in [-0.2, 0) is 32.0 Å². The summed E-state index contributed by atoms with van der Waals surface area (Å²) < 4.78 is 22.1. The summed E-state index contributed by atoms with van der Waals surface area (Å²) in [6.45, 7) is 2.65. The molecule has 3 aromatic carbocycles. The van der Waals surface area contributed by atoms with Gasteiger partial charge in [0.2, 0.25) is 0 Å². The van der Waals surface area contributed by atoms with Gasteiger partial charge in [0.1, 0.15) is 16.6 Å². The SMILES string of the molecule is CCOC(=O)c1nn(-c2cccc3nn(Cc4ccccc4)cc23)c2c1C[SH+](=O)c1ccccc1-2. The Hall–Kier alpha value is -4.04. The van der Waals surface area contributed by atoms with Gasteiger partial charge in [-0.05, 0) is 36.8 Å². The Kier molecular flexibility index (Phi) is 5.30. The van der Waals surface area contributed by atoms with E-state index in [1.165, 1.54) is 0 Å². The number of nitrogens with zero attached hydrogens (tertiary/aromatic N) is 4. The fourth-order valence-corrected chi connectivity index (χ4v) is 6.11. The maximum atomic E-state index is 13.1. The molecule has 0 amide bonds. The molecule has 0 N–H and O–H groups in total. The second-order valence-corrected chi connectivity index (χ2v) is 9.94. The molecule has 2 aromatic heterocycles. The average Bonchev–Trinajstić information content (AvgIpc) is 3.46. The number of benzene rings is 3. The lowest BCUT2D eigenvalue weighted by Gasteiger charge is -2.15. The Morgan fingerprint density at radius 3 is 2.63 bits per heavy atom. The first-order chi connectivity index (χ1) is 17.1.